The van der Waals surface area contributed by atoms with Crippen LogP contribution in [0.25, 0.3) is 0 Å². The molecule has 0 rings (SSSR count). The Labute approximate surface area is 108 Å². The number of alkyl halides is 2. The lowest BCUT2D eigenvalue weighted by atomic mass is 10.5. The molecule has 0 aromatic carbocycles. The molecule has 0 saturated heterocycles. The molecule has 0 aliphatic carbocycles. The smallest absolute Gasteiger partial charge is 0.109 e. The SMILES string of the molecule is CC(C)O.COI.NCBr.NCCl. The number of hydrogen-bond acceptors (Lipinski definition) is 4. The fourth-order valence-electron chi connectivity index (χ4n) is 0. The molecule has 0 bridgehead atoms. The monoisotopic (exact) mass is 392 g/mol. The summed E-state index contributed by atoms with van der Waals surface area (Å²) in [5.41, 5.74) is 9.94. The number of aliphatic hydroxyl groups is 1. The summed E-state index contributed by atoms with van der Waals surface area (Å²) in [7, 11) is 1.61. The second kappa shape index (κ2) is 37.7. The Hall–Kier alpha value is 1.34. The molecule has 4 nitrogen and oxygen atoms in total. The van der Waals surface area contributed by atoms with Crippen molar-refractivity contribution in [2.24, 2.45) is 11.5 Å². The van der Waals surface area contributed by atoms with E-state index in [1.807, 2.05) is 0 Å². The van der Waals surface area contributed by atoms with E-state index >= 15 is 0 Å². The summed E-state index contributed by atoms with van der Waals surface area (Å²) in [6.45, 7) is 3.44. The van der Waals surface area contributed by atoms with Crippen LogP contribution in [0, 0.1) is 0 Å². The Morgan fingerprint density at radius 2 is 1.54 bits per heavy atom. The predicted octanol–water partition coefficient (Wildman–Crippen LogP) is 1.81. The summed E-state index contributed by atoms with van der Waals surface area (Å²) < 4.78 is 4.22. The summed E-state index contributed by atoms with van der Waals surface area (Å²) in [6, 6.07) is 0.222. The first kappa shape index (κ1) is 23.9. The molecule has 13 heavy (non-hydrogen) atoms. The molecule has 7 heteroatoms. The van der Waals surface area contributed by atoms with Crippen LogP contribution >= 0.6 is 50.5 Å². The molecule has 0 aromatic heterocycles. The van der Waals surface area contributed by atoms with E-state index in [4.69, 9.17) is 22.4 Å². The average molecular weight is 393 g/mol. The van der Waals surface area contributed by atoms with Crippen molar-refractivity contribution in [2.45, 2.75) is 20.0 Å². The van der Waals surface area contributed by atoms with Crippen LogP contribution in [0.4, 0.5) is 0 Å². The maximum Gasteiger partial charge on any atom is 0.109 e. The standard InChI is InChI=1S/C3H8O.CH4BrN.CH4ClN.CH3IO/c1-3(2)4;2*2-1-3;1-3-2/h3-4H,1-2H3;2*1,3H2;1H3. The lowest BCUT2D eigenvalue weighted by molar-refractivity contribution is 0.216. The van der Waals surface area contributed by atoms with Gasteiger partial charge in [-0.2, -0.15) is 0 Å². The van der Waals surface area contributed by atoms with Crippen LogP contribution < -0.4 is 11.5 Å². The van der Waals surface area contributed by atoms with Gasteiger partial charge in [-0.25, -0.2) is 0 Å². The first-order valence-electron chi connectivity index (χ1n) is 3.33. The van der Waals surface area contributed by atoms with Gasteiger partial charge in [-0.1, -0.05) is 15.9 Å². The van der Waals surface area contributed by atoms with Crippen LogP contribution in [0.15, 0.2) is 0 Å². The molecular weight excluding hydrogens is 374 g/mol. The highest BCUT2D eigenvalue weighted by molar-refractivity contribution is 14.1. The van der Waals surface area contributed by atoms with Gasteiger partial charge in [-0.3, -0.25) is 0 Å². The number of hydrogen-bond donors (Lipinski definition) is 3. The van der Waals surface area contributed by atoms with E-state index in [0.717, 1.165) is 0 Å². The minimum atomic E-state index is -0.167. The Morgan fingerprint density at radius 3 is 1.54 bits per heavy atom. The van der Waals surface area contributed by atoms with E-state index in [2.05, 4.69) is 24.7 Å². The molecule has 0 aliphatic rings. The van der Waals surface area contributed by atoms with Gasteiger partial charge in [-0.15, -0.1) is 11.6 Å². The van der Waals surface area contributed by atoms with Gasteiger partial charge >= 0.3 is 0 Å². The molecule has 0 heterocycles. The minimum absolute atomic E-state index is 0.167. The van der Waals surface area contributed by atoms with Gasteiger partial charge < -0.3 is 19.6 Å². The molecule has 0 spiro atoms. The Morgan fingerprint density at radius 1 is 1.54 bits per heavy atom. The van der Waals surface area contributed by atoms with E-state index < -0.39 is 0 Å². The van der Waals surface area contributed by atoms with Crippen LogP contribution in [-0.4, -0.2) is 29.8 Å². The Kier molecular flexibility index (Phi) is 69.2. The number of rotatable bonds is 0. The molecule has 0 aliphatic heterocycles. The highest BCUT2D eigenvalue weighted by Crippen LogP contribution is 1.70. The summed E-state index contributed by atoms with van der Waals surface area (Å²) in [4.78, 5) is 0. The van der Waals surface area contributed by atoms with Gasteiger partial charge in [0.25, 0.3) is 0 Å². The van der Waals surface area contributed by atoms with E-state index in [1.54, 1.807) is 44.0 Å². The topological polar surface area (TPSA) is 81.5 Å². The Bertz CT molecular complexity index is 50.1. The molecule has 0 saturated carbocycles. The molecule has 0 amide bonds. The van der Waals surface area contributed by atoms with Crippen molar-refractivity contribution in [1.82, 2.24) is 0 Å². The first-order chi connectivity index (χ1) is 5.97. The number of nitrogens with two attached hydrogens (primary N) is 2. The number of halogens is 3. The van der Waals surface area contributed by atoms with Crippen molar-refractivity contribution in [2.75, 3.05) is 18.6 Å². The van der Waals surface area contributed by atoms with Crippen LogP contribution in [0.1, 0.15) is 13.8 Å². The molecule has 86 valence electrons. The third-order valence-corrected chi connectivity index (χ3v) is 0. The van der Waals surface area contributed by atoms with E-state index in [9.17, 15) is 0 Å². The van der Waals surface area contributed by atoms with E-state index in [0.29, 0.717) is 5.45 Å². The second-order valence-corrected chi connectivity index (χ2v) is 3.39. The lowest BCUT2D eigenvalue weighted by Gasteiger charge is -1.80. The van der Waals surface area contributed by atoms with Crippen molar-refractivity contribution in [1.29, 1.82) is 0 Å². The lowest BCUT2D eigenvalue weighted by Crippen LogP contribution is -1.85. The molecule has 0 fully saturated rings. The largest absolute Gasteiger partial charge is 0.394 e. The van der Waals surface area contributed by atoms with Crippen molar-refractivity contribution < 1.29 is 8.17 Å². The predicted molar refractivity (Wildman–Crippen MR) is 71.3 cm³/mol. The van der Waals surface area contributed by atoms with Gasteiger partial charge in [0.05, 0.1) is 6.00 Å². The molecule has 0 unspecified atom stereocenters. The third kappa shape index (κ3) is 955. The van der Waals surface area contributed by atoms with Crippen molar-refractivity contribution in [3.63, 3.8) is 0 Å². The van der Waals surface area contributed by atoms with Gasteiger partial charge in [0, 0.05) is 18.7 Å². The van der Waals surface area contributed by atoms with Gasteiger partial charge in [0.2, 0.25) is 0 Å². The zero-order valence-electron chi connectivity index (χ0n) is 8.14. The Balaban J connectivity index is -0.0000000420. The summed E-state index contributed by atoms with van der Waals surface area (Å²) in [6.07, 6.45) is -0.167. The third-order valence-electron chi connectivity index (χ3n) is 0. The van der Waals surface area contributed by atoms with Crippen molar-refractivity contribution in [3.8, 4) is 0 Å². The average Bonchev–Trinajstić information content (AvgIpc) is 1.88. The van der Waals surface area contributed by atoms with Crippen LogP contribution in [0.5, 0.6) is 0 Å². The molecule has 0 atom stereocenters. The van der Waals surface area contributed by atoms with Gasteiger partial charge in [-0.05, 0) is 13.8 Å². The second-order valence-electron chi connectivity index (χ2n) is 1.56. The molecular formula is C6H19BrClIN2O2. The van der Waals surface area contributed by atoms with Crippen LogP contribution in [0.2, 0.25) is 0 Å². The highest BCUT2D eigenvalue weighted by atomic mass is 127. The van der Waals surface area contributed by atoms with E-state index in [-0.39, 0.29) is 12.1 Å². The summed E-state index contributed by atoms with van der Waals surface area (Å²) in [5.74, 6) is 0. The fraction of sp³-hybridized carbons (Fsp3) is 1.00. The molecule has 5 N–H and O–H groups in total. The summed E-state index contributed by atoms with van der Waals surface area (Å²) in [5, 5.41) is 8.06. The normalized spacial score (nSPS) is 6.92. The zero-order chi connectivity index (χ0) is 11.7. The van der Waals surface area contributed by atoms with Crippen LogP contribution in [0.3, 0.4) is 0 Å². The van der Waals surface area contributed by atoms with Crippen molar-refractivity contribution >= 4 is 50.5 Å². The van der Waals surface area contributed by atoms with E-state index in [1.165, 1.54) is 0 Å². The first-order valence-corrected chi connectivity index (χ1v) is 5.86. The number of aliphatic hydroxyl groups excluding tert-OH is 1. The van der Waals surface area contributed by atoms with Crippen molar-refractivity contribution in [3.05, 3.63) is 0 Å². The fourth-order valence-corrected chi connectivity index (χ4v) is 0. The van der Waals surface area contributed by atoms with Gasteiger partial charge in [0.15, 0.2) is 0 Å². The summed E-state index contributed by atoms with van der Waals surface area (Å²) >= 11 is 9.49. The maximum atomic E-state index is 8.06. The minimum Gasteiger partial charge on any atom is -0.394 e. The zero-order valence-corrected chi connectivity index (χ0v) is 12.6. The van der Waals surface area contributed by atoms with Gasteiger partial charge in [0.1, 0.15) is 23.0 Å². The molecule has 0 radical (unpaired) electrons. The molecule has 0 aromatic rings. The quantitative estimate of drug-likeness (QED) is 0.333. The highest BCUT2D eigenvalue weighted by Gasteiger charge is 1.69. The van der Waals surface area contributed by atoms with Crippen LogP contribution in [-0.2, 0) is 3.07 Å². The maximum absolute atomic E-state index is 8.06.